The maximum atomic E-state index is 13.2. The van der Waals surface area contributed by atoms with Crippen LogP contribution in [0.5, 0.6) is 0 Å². The molecule has 0 bridgehead atoms. The molecule has 0 saturated carbocycles. The Morgan fingerprint density at radius 2 is 1.96 bits per heavy atom. The average molecular weight is 381 g/mol. The molecule has 4 rings (SSSR count). The van der Waals surface area contributed by atoms with Crippen molar-refractivity contribution in [3.63, 3.8) is 0 Å². The quantitative estimate of drug-likeness (QED) is 0.745. The Hall–Kier alpha value is -3.39. The van der Waals surface area contributed by atoms with Crippen LogP contribution in [0.15, 0.2) is 53.1 Å². The van der Waals surface area contributed by atoms with Gasteiger partial charge in [0.1, 0.15) is 11.5 Å². The van der Waals surface area contributed by atoms with E-state index in [0.717, 1.165) is 5.69 Å². The number of hydrogen-bond donors (Lipinski definition) is 1. The Morgan fingerprint density at radius 1 is 1.18 bits per heavy atom. The lowest BCUT2D eigenvalue weighted by Gasteiger charge is -2.30. The van der Waals surface area contributed by atoms with Gasteiger partial charge in [-0.1, -0.05) is 18.2 Å². The van der Waals surface area contributed by atoms with E-state index >= 15 is 0 Å². The van der Waals surface area contributed by atoms with Crippen molar-refractivity contribution in [2.75, 3.05) is 19.7 Å². The molecule has 3 aromatic rings. The molecule has 28 heavy (non-hydrogen) atoms. The van der Waals surface area contributed by atoms with Gasteiger partial charge in [0.15, 0.2) is 11.9 Å². The molecule has 0 unspecified atom stereocenters. The fourth-order valence-electron chi connectivity index (χ4n) is 3.14. The third-order valence-corrected chi connectivity index (χ3v) is 4.57. The molecular weight excluding hydrogens is 362 g/mol. The van der Waals surface area contributed by atoms with Gasteiger partial charge < -0.3 is 19.2 Å². The van der Waals surface area contributed by atoms with Crippen LogP contribution in [0.1, 0.15) is 16.1 Å². The van der Waals surface area contributed by atoms with Gasteiger partial charge in [0.25, 0.3) is 5.91 Å². The molecule has 1 amide bonds. The van der Waals surface area contributed by atoms with Crippen molar-refractivity contribution in [3.05, 3.63) is 60.0 Å². The van der Waals surface area contributed by atoms with Crippen LogP contribution < -0.4 is 0 Å². The molecule has 2 aromatic heterocycles. The number of morpholine rings is 1. The number of aromatic nitrogens is 2. The van der Waals surface area contributed by atoms with Crippen LogP contribution in [0.3, 0.4) is 0 Å². The van der Waals surface area contributed by atoms with Crippen LogP contribution in [-0.4, -0.2) is 57.5 Å². The number of benzene rings is 1. The van der Waals surface area contributed by atoms with Gasteiger partial charge >= 0.3 is 5.97 Å². The maximum absolute atomic E-state index is 13.2. The summed E-state index contributed by atoms with van der Waals surface area (Å²) in [6, 6.07) is 13.0. The summed E-state index contributed by atoms with van der Waals surface area (Å²) in [5.41, 5.74) is 1.57. The van der Waals surface area contributed by atoms with E-state index in [4.69, 9.17) is 9.15 Å². The van der Waals surface area contributed by atoms with E-state index in [1.807, 2.05) is 37.3 Å². The van der Waals surface area contributed by atoms with Crippen molar-refractivity contribution in [3.8, 4) is 17.1 Å². The first kappa shape index (κ1) is 18.0. The smallest absolute Gasteiger partial charge is 0.334 e. The molecule has 1 aliphatic heterocycles. The van der Waals surface area contributed by atoms with E-state index in [9.17, 15) is 14.7 Å². The monoisotopic (exact) mass is 381 g/mol. The predicted octanol–water partition coefficient (Wildman–Crippen LogP) is 2.37. The number of carbonyl (C=O) groups excluding carboxylic acids is 1. The van der Waals surface area contributed by atoms with E-state index in [2.05, 4.69) is 5.10 Å². The molecule has 144 valence electrons. The minimum Gasteiger partial charge on any atom is -0.479 e. The minimum absolute atomic E-state index is 0.0126. The number of hydrogen-bond acceptors (Lipinski definition) is 5. The highest BCUT2D eigenvalue weighted by Crippen LogP contribution is 2.27. The predicted molar refractivity (Wildman–Crippen MR) is 99.3 cm³/mol. The van der Waals surface area contributed by atoms with E-state index in [1.165, 1.54) is 4.90 Å². The van der Waals surface area contributed by atoms with E-state index < -0.39 is 12.1 Å². The fourth-order valence-corrected chi connectivity index (χ4v) is 3.14. The van der Waals surface area contributed by atoms with Crippen LogP contribution >= 0.6 is 0 Å². The normalized spacial score (nSPS) is 16.9. The van der Waals surface area contributed by atoms with Gasteiger partial charge in [-0.05, 0) is 31.2 Å². The first-order valence-electron chi connectivity index (χ1n) is 8.88. The molecule has 0 radical (unpaired) electrons. The number of para-hydroxylation sites is 1. The lowest BCUT2D eigenvalue weighted by atomic mass is 10.1. The Morgan fingerprint density at radius 3 is 2.64 bits per heavy atom. The second-order valence-corrected chi connectivity index (χ2v) is 6.53. The number of amides is 1. The van der Waals surface area contributed by atoms with Crippen molar-refractivity contribution in [1.29, 1.82) is 0 Å². The standard InChI is InChI=1S/C20H19N3O5/c1-13-7-8-16(28-13)18-15(11-23(21-18)14-5-3-2-4-6-14)19(24)22-9-10-27-17(12-22)20(25)26/h2-8,11,17H,9-10,12H2,1H3,(H,25,26)/t17-/m1/s1. The largest absolute Gasteiger partial charge is 0.479 e. The van der Waals surface area contributed by atoms with Crippen LogP contribution in [0.4, 0.5) is 0 Å². The van der Waals surface area contributed by atoms with Gasteiger partial charge in [-0.2, -0.15) is 5.10 Å². The highest BCUT2D eigenvalue weighted by atomic mass is 16.5. The molecule has 1 aliphatic rings. The van der Waals surface area contributed by atoms with E-state index in [0.29, 0.717) is 29.3 Å². The van der Waals surface area contributed by atoms with Crippen molar-refractivity contribution in [2.45, 2.75) is 13.0 Å². The summed E-state index contributed by atoms with van der Waals surface area (Å²) in [5, 5.41) is 13.8. The number of carboxylic acids is 1. The first-order chi connectivity index (χ1) is 13.5. The molecule has 8 heteroatoms. The highest BCUT2D eigenvalue weighted by Gasteiger charge is 2.32. The van der Waals surface area contributed by atoms with Gasteiger partial charge in [0.05, 0.1) is 24.4 Å². The molecule has 1 saturated heterocycles. The highest BCUT2D eigenvalue weighted by molar-refractivity contribution is 5.99. The molecular formula is C20H19N3O5. The average Bonchev–Trinajstić information content (AvgIpc) is 3.34. The molecule has 1 fully saturated rings. The molecule has 1 N–H and O–H groups in total. The topological polar surface area (TPSA) is 97.8 Å². The van der Waals surface area contributed by atoms with Gasteiger partial charge in [0.2, 0.25) is 0 Å². The minimum atomic E-state index is -1.08. The molecule has 0 spiro atoms. The summed E-state index contributed by atoms with van der Waals surface area (Å²) >= 11 is 0. The van der Waals surface area contributed by atoms with E-state index in [-0.39, 0.29) is 19.1 Å². The number of aliphatic carboxylic acids is 1. The van der Waals surface area contributed by atoms with Crippen molar-refractivity contribution < 1.29 is 23.8 Å². The zero-order chi connectivity index (χ0) is 19.7. The third kappa shape index (κ3) is 3.41. The summed E-state index contributed by atoms with van der Waals surface area (Å²) in [4.78, 5) is 25.9. The summed E-state index contributed by atoms with van der Waals surface area (Å²) in [7, 11) is 0. The van der Waals surface area contributed by atoms with Gasteiger partial charge in [-0.15, -0.1) is 0 Å². The Balaban J connectivity index is 1.73. The lowest BCUT2D eigenvalue weighted by Crippen LogP contribution is -2.48. The second-order valence-electron chi connectivity index (χ2n) is 6.53. The number of nitrogens with zero attached hydrogens (tertiary/aromatic N) is 3. The SMILES string of the molecule is Cc1ccc(-c2nn(-c3ccccc3)cc2C(=O)N2CCO[C@@H](C(=O)O)C2)o1. The zero-order valence-corrected chi connectivity index (χ0v) is 15.2. The van der Waals surface area contributed by atoms with Crippen LogP contribution in [0.2, 0.25) is 0 Å². The second kappa shape index (κ2) is 7.32. The Bertz CT molecular complexity index is 1010. The molecule has 8 nitrogen and oxygen atoms in total. The maximum Gasteiger partial charge on any atom is 0.334 e. The third-order valence-electron chi connectivity index (χ3n) is 4.57. The number of carbonyl (C=O) groups is 2. The van der Waals surface area contributed by atoms with Gasteiger partial charge in [-0.3, -0.25) is 4.79 Å². The van der Waals surface area contributed by atoms with Crippen molar-refractivity contribution in [1.82, 2.24) is 14.7 Å². The number of furan rings is 1. The number of ether oxygens (including phenoxy) is 1. The summed E-state index contributed by atoms with van der Waals surface area (Å²) in [5.74, 6) is -0.196. The van der Waals surface area contributed by atoms with Gasteiger partial charge in [-0.25, -0.2) is 9.48 Å². The molecule has 0 aliphatic carbocycles. The molecule has 3 heterocycles. The number of rotatable bonds is 4. The van der Waals surface area contributed by atoms with Crippen LogP contribution in [0, 0.1) is 6.92 Å². The fraction of sp³-hybridized carbons (Fsp3) is 0.250. The van der Waals surface area contributed by atoms with Crippen LogP contribution in [0.25, 0.3) is 17.1 Å². The number of aryl methyl sites for hydroxylation is 1. The molecule has 1 atom stereocenters. The zero-order valence-electron chi connectivity index (χ0n) is 15.2. The lowest BCUT2D eigenvalue weighted by molar-refractivity contribution is -0.154. The van der Waals surface area contributed by atoms with Crippen LogP contribution in [-0.2, 0) is 9.53 Å². The summed E-state index contributed by atoms with van der Waals surface area (Å²) in [6.45, 7) is 2.29. The Labute approximate surface area is 160 Å². The first-order valence-corrected chi connectivity index (χ1v) is 8.88. The summed E-state index contributed by atoms with van der Waals surface area (Å²) < 4.78 is 12.5. The van der Waals surface area contributed by atoms with Gasteiger partial charge in [0, 0.05) is 12.7 Å². The number of carboxylic acid groups (broad SMARTS) is 1. The molecule has 1 aromatic carbocycles. The Kier molecular flexibility index (Phi) is 4.70. The van der Waals surface area contributed by atoms with E-state index in [1.54, 1.807) is 23.0 Å². The summed E-state index contributed by atoms with van der Waals surface area (Å²) in [6.07, 6.45) is 0.618. The van der Waals surface area contributed by atoms with Crippen molar-refractivity contribution in [2.24, 2.45) is 0 Å². The van der Waals surface area contributed by atoms with Crippen molar-refractivity contribution >= 4 is 11.9 Å².